The lowest BCUT2D eigenvalue weighted by atomic mass is 9.94. The summed E-state index contributed by atoms with van der Waals surface area (Å²) in [6.45, 7) is 0. The Hall–Kier alpha value is -6.75. The van der Waals surface area contributed by atoms with E-state index in [1.165, 1.54) is 59.8 Å². The molecule has 0 aliphatic carbocycles. The van der Waals surface area contributed by atoms with Gasteiger partial charge in [0.15, 0.2) is 0 Å². The Morgan fingerprint density at radius 3 is 1.42 bits per heavy atom. The van der Waals surface area contributed by atoms with Crippen molar-refractivity contribution in [3.63, 3.8) is 0 Å². The summed E-state index contributed by atoms with van der Waals surface area (Å²) in [6.07, 6.45) is 0. The Morgan fingerprint density at radius 2 is 0.774 bits per heavy atom. The molecule has 246 valence electrons. The van der Waals surface area contributed by atoms with Crippen LogP contribution in [0.5, 0.6) is 0 Å². The molecule has 0 fully saturated rings. The van der Waals surface area contributed by atoms with Crippen LogP contribution in [0.3, 0.4) is 0 Å². The van der Waals surface area contributed by atoms with Crippen LogP contribution in [0.15, 0.2) is 175 Å². The topological polar surface area (TPSA) is 26.9 Å². The van der Waals surface area contributed by atoms with Crippen molar-refractivity contribution in [1.82, 2.24) is 9.13 Å². The van der Waals surface area contributed by atoms with Gasteiger partial charge in [-0.15, -0.1) is 0 Å². The number of hydrogen-bond donors (Lipinski definition) is 0. The van der Waals surface area contributed by atoms with Gasteiger partial charge >= 0.3 is 0 Å². The van der Waals surface area contributed by atoms with Gasteiger partial charge in [-0.25, -0.2) is 0 Å². The molecule has 12 aromatic rings. The third kappa shape index (κ3) is 3.96. The highest BCUT2D eigenvalue weighted by Crippen LogP contribution is 2.42. The van der Waals surface area contributed by atoms with Crippen LogP contribution in [0.1, 0.15) is 0 Å². The van der Waals surface area contributed by atoms with Crippen LogP contribution in [0.2, 0.25) is 0 Å². The average molecular weight is 693 g/mol. The molecule has 3 aromatic heterocycles. The summed E-state index contributed by atoms with van der Waals surface area (Å²) in [5.41, 5.74) is 6.60. The second kappa shape index (κ2) is 10.6. The summed E-state index contributed by atoms with van der Waals surface area (Å²) in [4.78, 5) is 14.2. The molecule has 0 spiro atoms. The van der Waals surface area contributed by atoms with Crippen LogP contribution in [0.4, 0.5) is 0 Å². The molecule has 9 aromatic carbocycles. The van der Waals surface area contributed by atoms with Crippen LogP contribution >= 0.6 is 11.3 Å². The molecule has 53 heavy (non-hydrogen) atoms. The maximum Gasteiger partial charge on any atom is 0.240 e. The van der Waals surface area contributed by atoms with Gasteiger partial charge in [0.2, 0.25) is 4.74 Å². The Balaban J connectivity index is 1.17. The van der Waals surface area contributed by atoms with Crippen molar-refractivity contribution in [2.75, 3.05) is 0 Å². The fourth-order valence-electron chi connectivity index (χ4n) is 9.02. The van der Waals surface area contributed by atoms with Crippen LogP contribution in [0.25, 0.3) is 108 Å². The highest BCUT2D eigenvalue weighted by molar-refractivity contribution is 7.17. The molecule has 3 nitrogen and oxygen atoms in total. The molecule has 0 bridgehead atoms. The van der Waals surface area contributed by atoms with Crippen LogP contribution in [0, 0.1) is 0 Å². The number of nitrogens with zero attached hydrogens (tertiary/aromatic N) is 2. The van der Waals surface area contributed by atoms with Crippen molar-refractivity contribution in [2.24, 2.45) is 0 Å². The minimum absolute atomic E-state index is 0.0731. The fraction of sp³-hybridized carbons (Fsp3) is 0. The quantitative estimate of drug-likeness (QED) is 0.166. The Labute approximate surface area is 306 Å². The number of aromatic nitrogens is 2. The molecule has 0 radical (unpaired) electrons. The number of hydrogen-bond acceptors (Lipinski definition) is 2. The minimum Gasteiger partial charge on any atom is -0.309 e. The number of para-hydroxylation sites is 3. The zero-order chi connectivity index (χ0) is 34.8. The summed E-state index contributed by atoms with van der Waals surface area (Å²) in [5, 5.41) is 15.0. The monoisotopic (exact) mass is 692 g/mol. The van der Waals surface area contributed by atoms with Crippen molar-refractivity contribution in [2.45, 2.75) is 0 Å². The van der Waals surface area contributed by atoms with Crippen LogP contribution in [-0.2, 0) is 0 Å². The van der Waals surface area contributed by atoms with E-state index >= 15 is 0 Å². The van der Waals surface area contributed by atoms with E-state index in [1.807, 2.05) is 6.07 Å². The summed E-state index contributed by atoms with van der Waals surface area (Å²) >= 11 is 1.34. The van der Waals surface area contributed by atoms with Gasteiger partial charge in [-0.3, -0.25) is 4.79 Å². The number of fused-ring (bicyclic) bond motifs is 15. The van der Waals surface area contributed by atoms with Gasteiger partial charge in [0.05, 0.1) is 22.1 Å². The standard InChI is InChI=1S/C49H28N2OS/c52-49-43-27-46-40(25-39(43)42-26-41-37-19-8-10-20-44(37)50(29-12-2-1-3-13-29)47(41)28-48(42)53-49)36-18-9-11-21-45(36)51(46)30-22-23-35-33-16-5-4-14-31(33)32-15-6-7-17-34(32)38(35)24-30/h1-28H. The molecule has 0 amide bonds. The van der Waals surface area contributed by atoms with E-state index in [-0.39, 0.29) is 4.74 Å². The molecule has 0 aliphatic rings. The van der Waals surface area contributed by atoms with Gasteiger partial charge in [-0.2, -0.15) is 0 Å². The van der Waals surface area contributed by atoms with E-state index in [9.17, 15) is 4.79 Å². The first kappa shape index (κ1) is 28.9. The molecule has 4 heteroatoms. The molecule has 0 aliphatic heterocycles. The Kier molecular flexibility index (Phi) is 5.80. The number of rotatable bonds is 2. The van der Waals surface area contributed by atoms with Gasteiger partial charge in [0, 0.05) is 48.4 Å². The van der Waals surface area contributed by atoms with E-state index in [4.69, 9.17) is 0 Å². The molecule has 0 unspecified atom stereocenters. The van der Waals surface area contributed by atoms with Crippen LogP contribution < -0.4 is 4.74 Å². The van der Waals surface area contributed by atoms with Gasteiger partial charge < -0.3 is 9.13 Å². The third-order valence-corrected chi connectivity index (χ3v) is 12.3. The predicted octanol–water partition coefficient (Wildman–Crippen LogP) is 13.1. The molecular weight excluding hydrogens is 665 g/mol. The Bertz CT molecular complexity index is 3550. The normalized spacial score (nSPS) is 12.2. The highest BCUT2D eigenvalue weighted by Gasteiger charge is 2.19. The van der Waals surface area contributed by atoms with Crippen molar-refractivity contribution in [3.05, 3.63) is 179 Å². The first-order valence-electron chi connectivity index (χ1n) is 18.0. The molecule has 3 heterocycles. The van der Waals surface area contributed by atoms with Crippen molar-refractivity contribution in [3.8, 4) is 11.4 Å². The van der Waals surface area contributed by atoms with E-state index < -0.39 is 0 Å². The van der Waals surface area contributed by atoms with Gasteiger partial charge in [0.25, 0.3) is 0 Å². The summed E-state index contributed by atoms with van der Waals surface area (Å²) in [7, 11) is 0. The maximum atomic E-state index is 14.2. The second-order valence-electron chi connectivity index (χ2n) is 14.0. The highest BCUT2D eigenvalue weighted by atomic mass is 32.1. The van der Waals surface area contributed by atoms with Crippen molar-refractivity contribution in [1.29, 1.82) is 0 Å². The van der Waals surface area contributed by atoms with E-state index in [2.05, 4.69) is 173 Å². The fourth-order valence-corrected chi connectivity index (χ4v) is 9.95. The zero-order valence-corrected chi connectivity index (χ0v) is 29.2. The number of benzene rings is 9. The summed E-state index contributed by atoms with van der Waals surface area (Å²) in [6, 6.07) is 60.9. The van der Waals surface area contributed by atoms with E-state index in [0.29, 0.717) is 0 Å². The first-order valence-corrected chi connectivity index (χ1v) is 18.8. The SMILES string of the molecule is O=c1sc2cc3c(cc2c2cc4c5ccccc5n(-c5ccc6c7ccccc7c7ccccc7c6c5)c4cc12)c1ccccc1n3-c1ccccc1. The molecule has 0 N–H and O–H groups in total. The van der Waals surface area contributed by atoms with Gasteiger partial charge in [-0.05, 0) is 98.4 Å². The summed E-state index contributed by atoms with van der Waals surface area (Å²) < 4.78 is 5.73. The van der Waals surface area contributed by atoms with Gasteiger partial charge in [-0.1, -0.05) is 121 Å². The van der Waals surface area contributed by atoms with Crippen molar-refractivity contribution < 1.29 is 0 Å². The smallest absolute Gasteiger partial charge is 0.240 e. The predicted molar refractivity (Wildman–Crippen MR) is 227 cm³/mol. The first-order chi connectivity index (χ1) is 26.2. The molecule has 12 rings (SSSR count). The average Bonchev–Trinajstić information content (AvgIpc) is 3.72. The van der Waals surface area contributed by atoms with Gasteiger partial charge in [0.1, 0.15) is 0 Å². The van der Waals surface area contributed by atoms with E-state index in [1.54, 1.807) is 0 Å². The lowest BCUT2D eigenvalue weighted by molar-refractivity contribution is 1.18. The van der Waals surface area contributed by atoms with E-state index in [0.717, 1.165) is 59.7 Å². The lowest BCUT2D eigenvalue weighted by Crippen LogP contribution is -1.99. The molecule has 0 saturated heterocycles. The largest absolute Gasteiger partial charge is 0.309 e. The lowest BCUT2D eigenvalue weighted by Gasteiger charge is -2.14. The molecular formula is C49H28N2OS. The third-order valence-electron chi connectivity index (χ3n) is 11.3. The maximum absolute atomic E-state index is 14.2. The minimum atomic E-state index is 0.0731. The summed E-state index contributed by atoms with van der Waals surface area (Å²) in [5.74, 6) is 0. The van der Waals surface area contributed by atoms with Crippen LogP contribution in [-0.4, -0.2) is 9.13 Å². The zero-order valence-electron chi connectivity index (χ0n) is 28.4. The van der Waals surface area contributed by atoms with Crippen molar-refractivity contribution >= 4 is 108 Å². The Morgan fingerprint density at radius 1 is 0.302 bits per heavy atom. The second-order valence-corrected chi connectivity index (χ2v) is 15.0. The molecule has 0 atom stereocenters. The molecule has 0 saturated carbocycles.